The van der Waals surface area contributed by atoms with Crippen molar-refractivity contribution in [3.05, 3.63) is 35.4 Å². The maximum absolute atomic E-state index is 11.7. The molecule has 1 amide bonds. The van der Waals surface area contributed by atoms with Gasteiger partial charge in [0, 0.05) is 6.54 Å². The first-order valence-electron chi connectivity index (χ1n) is 6.15. The van der Waals surface area contributed by atoms with Crippen molar-refractivity contribution in [1.82, 2.24) is 10.2 Å². The number of carboxylic acid groups (broad SMARTS) is 1. The Kier molecular flexibility index (Phi) is 5.51. The highest BCUT2D eigenvalue weighted by atomic mass is 16.4. The minimum Gasteiger partial charge on any atom is -0.480 e. The Morgan fingerprint density at radius 3 is 2.68 bits per heavy atom. The van der Waals surface area contributed by atoms with Gasteiger partial charge < -0.3 is 10.4 Å². The van der Waals surface area contributed by atoms with E-state index in [1.807, 2.05) is 31.2 Å². The molecule has 0 heterocycles. The van der Waals surface area contributed by atoms with E-state index in [1.54, 1.807) is 14.0 Å². The highest BCUT2D eigenvalue weighted by molar-refractivity contribution is 5.79. The number of nitrogens with zero attached hydrogens (tertiary/aromatic N) is 1. The molecule has 0 bridgehead atoms. The van der Waals surface area contributed by atoms with Crippen molar-refractivity contribution in [1.29, 1.82) is 0 Å². The molecule has 1 unspecified atom stereocenters. The normalized spacial score (nSPS) is 12.2. The summed E-state index contributed by atoms with van der Waals surface area (Å²) >= 11 is 0. The number of carbonyl (C=O) groups excluding carboxylic acids is 1. The summed E-state index contributed by atoms with van der Waals surface area (Å²) in [7, 11) is 1.62. The SMILES string of the molecule is Cc1cccc(CNC(=O)CN(C)C(C)C(=O)O)c1. The number of benzene rings is 1. The number of aryl methyl sites for hydroxylation is 1. The molecule has 1 atom stereocenters. The van der Waals surface area contributed by atoms with E-state index >= 15 is 0 Å². The van der Waals surface area contributed by atoms with Crippen LogP contribution in [0.3, 0.4) is 0 Å². The largest absolute Gasteiger partial charge is 0.480 e. The summed E-state index contributed by atoms with van der Waals surface area (Å²) < 4.78 is 0. The minimum absolute atomic E-state index is 0.0687. The number of nitrogens with one attached hydrogen (secondary N) is 1. The van der Waals surface area contributed by atoms with Gasteiger partial charge in [-0.2, -0.15) is 0 Å². The van der Waals surface area contributed by atoms with Crippen LogP contribution in [0.1, 0.15) is 18.1 Å². The third-order valence-corrected chi connectivity index (χ3v) is 2.98. The molecule has 0 fully saturated rings. The quantitative estimate of drug-likeness (QED) is 0.804. The predicted octanol–water partition coefficient (Wildman–Crippen LogP) is 1.02. The number of rotatable bonds is 6. The van der Waals surface area contributed by atoms with Gasteiger partial charge in [-0.15, -0.1) is 0 Å². The first-order valence-corrected chi connectivity index (χ1v) is 6.15. The van der Waals surface area contributed by atoms with Gasteiger partial charge in [-0.3, -0.25) is 14.5 Å². The molecule has 0 radical (unpaired) electrons. The second kappa shape index (κ2) is 6.89. The summed E-state index contributed by atoms with van der Waals surface area (Å²) in [5.74, 6) is -1.12. The predicted molar refractivity (Wildman–Crippen MR) is 72.8 cm³/mol. The minimum atomic E-state index is -0.936. The van der Waals surface area contributed by atoms with Gasteiger partial charge in [-0.05, 0) is 26.5 Å². The third kappa shape index (κ3) is 5.09. The summed E-state index contributed by atoms with van der Waals surface area (Å²) in [6, 6.07) is 7.20. The molecular weight excluding hydrogens is 244 g/mol. The van der Waals surface area contributed by atoms with E-state index < -0.39 is 12.0 Å². The Labute approximate surface area is 113 Å². The van der Waals surface area contributed by atoms with Crippen LogP contribution in [-0.4, -0.2) is 41.5 Å². The van der Waals surface area contributed by atoms with Crippen LogP contribution in [0.4, 0.5) is 0 Å². The summed E-state index contributed by atoms with van der Waals surface area (Å²) in [6.07, 6.45) is 0. The summed E-state index contributed by atoms with van der Waals surface area (Å²) in [5.41, 5.74) is 2.17. The first-order chi connectivity index (χ1) is 8.90. The molecule has 19 heavy (non-hydrogen) atoms. The van der Waals surface area contributed by atoms with E-state index in [4.69, 9.17) is 5.11 Å². The molecule has 0 aliphatic carbocycles. The van der Waals surface area contributed by atoms with Crippen molar-refractivity contribution < 1.29 is 14.7 Å². The van der Waals surface area contributed by atoms with Gasteiger partial charge in [0.2, 0.25) is 5.91 Å². The maximum atomic E-state index is 11.7. The number of carboxylic acids is 1. The average Bonchev–Trinajstić information content (AvgIpc) is 2.35. The van der Waals surface area contributed by atoms with Crippen LogP contribution in [0.5, 0.6) is 0 Å². The smallest absolute Gasteiger partial charge is 0.320 e. The van der Waals surface area contributed by atoms with Gasteiger partial charge >= 0.3 is 5.97 Å². The zero-order valence-electron chi connectivity index (χ0n) is 11.5. The Bertz CT molecular complexity index is 460. The van der Waals surface area contributed by atoms with Gasteiger partial charge in [0.25, 0.3) is 0 Å². The van der Waals surface area contributed by atoms with E-state index in [1.165, 1.54) is 4.90 Å². The lowest BCUT2D eigenvalue weighted by Crippen LogP contribution is -2.42. The molecule has 1 aromatic carbocycles. The van der Waals surface area contributed by atoms with E-state index in [-0.39, 0.29) is 12.5 Å². The van der Waals surface area contributed by atoms with Gasteiger partial charge in [-0.25, -0.2) is 0 Å². The molecule has 104 valence electrons. The Morgan fingerprint density at radius 1 is 1.42 bits per heavy atom. The van der Waals surface area contributed by atoms with Crippen molar-refractivity contribution in [2.75, 3.05) is 13.6 Å². The molecule has 0 saturated heterocycles. The zero-order chi connectivity index (χ0) is 14.4. The number of amides is 1. The second-order valence-electron chi connectivity index (χ2n) is 4.70. The Morgan fingerprint density at radius 2 is 2.11 bits per heavy atom. The molecule has 0 aliphatic heterocycles. The molecule has 1 aromatic rings. The zero-order valence-corrected chi connectivity index (χ0v) is 11.5. The van der Waals surface area contributed by atoms with Crippen LogP contribution in [0.2, 0.25) is 0 Å². The van der Waals surface area contributed by atoms with E-state index in [0.29, 0.717) is 6.54 Å². The molecule has 2 N–H and O–H groups in total. The molecule has 0 aromatic heterocycles. The summed E-state index contributed by atoms with van der Waals surface area (Å²) in [5, 5.41) is 11.6. The third-order valence-electron chi connectivity index (χ3n) is 2.98. The van der Waals surface area contributed by atoms with E-state index in [2.05, 4.69) is 5.32 Å². The monoisotopic (exact) mass is 264 g/mol. The number of aliphatic carboxylic acids is 1. The molecular formula is C14H20N2O3. The fourth-order valence-electron chi connectivity index (χ4n) is 1.63. The lowest BCUT2D eigenvalue weighted by Gasteiger charge is -2.20. The highest BCUT2D eigenvalue weighted by Gasteiger charge is 2.18. The van der Waals surface area contributed by atoms with E-state index in [9.17, 15) is 9.59 Å². The van der Waals surface area contributed by atoms with Crippen molar-refractivity contribution in [3.8, 4) is 0 Å². The van der Waals surface area contributed by atoms with Crippen molar-refractivity contribution in [2.45, 2.75) is 26.4 Å². The fraction of sp³-hybridized carbons (Fsp3) is 0.429. The average molecular weight is 264 g/mol. The van der Waals surface area contributed by atoms with Crippen LogP contribution < -0.4 is 5.32 Å². The van der Waals surface area contributed by atoms with Gasteiger partial charge in [0.05, 0.1) is 6.54 Å². The Hall–Kier alpha value is -1.88. The number of hydrogen-bond acceptors (Lipinski definition) is 3. The van der Waals surface area contributed by atoms with Gasteiger partial charge in [0.1, 0.15) is 6.04 Å². The lowest BCUT2D eigenvalue weighted by atomic mass is 10.1. The van der Waals surface area contributed by atoms with E-state index in [0.717, 1.165) is 11.1 Å². The van der Waals surface area contributed by atoms with Crippen molar-refractivity contribution in [2.24, 2.45) is 0 Å². The van der Waals surface area contributed by atoms with Crippen LogP contribution in [0.15, 0.2) is 24.3 Å². The molecule has 0 saturated carbocycles. The van der Waals surface area contributed by atoms with Crippen LogP contribution in [0.25, 0.3) is 0 Å². The second-order valence-corrected chi connectivity index (χ2v) is 4.70. The fourth-order valence-corrected chi connectivity index (χ4v) is 1.63. The number of carbonyl (C=O) groups is 2. The molecule has 5 heteroatoms. The molecule has 0 spiro atoms. The van der Waals surface area contributed by atoms with Crippen molar-refractivity contribution in [3.63, 3.8) is 0 Å². The highest BCUT2D eigenvalue weighted by Crippen LogP contribution is 2.03. The molecule has 0 aliphatic rings. The Balaban J connectivity index is 2.42. The van der Waals surface area contributed by atoms with Crippen molar-refractivity contribution >= 4 is 11.9 Å². The van der Waals surface area contributed by atoms with Gasteiger partial charge in [-0.1, -0.05) is 29.8 Å². The summed E-state index contributed by atoms with van der Waals surface area (Å²) in [4.78, 5) is 24.0. The number of likely N-dealkylation sites (N-methyl/N-ethyl adjacent to an activating group) is 1. The topological polar surface area (TPSA) is 69.6 Å². The maximum Gasteiger partial charge on any atom is 0.320 e. The van der Waals surface area contributed by atoms with Crippen LogP contribution in [0, 0.1) is 6.92 Å². The van der Waals surface area contributed by atoms with Crippen LogP contribution >= 0.6 is 0 Å². The van der Waals surface area contributed by atoms with Gasteiger partial charge in [0.15, 0.2) is 0 Å². The standard InChI is InChI=1S/C14H20N2O3/c1-10-5-4-6-12(7-10)8-15-13(17)9-16(3)11(2)14(18)19/h4-7,11H,8-9H2,1-3H3,(H,15,17)(H,18,19). The summed E-state index contributed by atoms with van der Waals surface area (Å²) in [6.45, 7) is 4.07. The number of hydrogen-bond donors (Lipinski definition) is 2. The first kappa shape index (κ1) is 15.2. The molecule has 5 nitrogen and oxygen atoms in total. The van der Waals surface area contributed by atoms with Crippen LogP contribution in [-0.2, 0) is 16.1 Å². The lowest BCUT2D eigenvalue weighted by molar-refractivity contribution is -0.142. The molecule has 1 rings (SSSR count).